The van der Waals surface area contributed by atoms with E-state index in [9.17, 15) is 4.79 Å². The van der Waals surface area contributed by atoms with Crippen LogP contribution in [0.3, 0.4) is 0 Å². The summed E-state index contributed by atoms with van der Waals surface area (Å²) in [4.78, 5) is 13.9. The van der Waals surface area contributed by atoms with Gasteiger partial charge < -0.3 is 0 Å². The lowest BCUT2D eigenvalue weighted by Gasteiger charge is -2.33. The minimum absolute atomic E-state index is 0.471. The summed E-state index contributed by atoms with van der Waals surface area (Å²) < 4.78 is 0. The first kappa shape index (κ1) is 11.7. The van der Waals surface area contributed by atoms with Gasteiger partial charge in [0.25, 0.3) is 0 Å². The minimum atomic E-state index is 0.471. The molecule has 0 aliphatic heterocycles. The van der Waals surface area contributed by atoms with Gasteiger partial charge in [-0.3, -0.25) is 9.69 Å². The van der Waals surface area contributed by atoms with Gasteiger partial charge in [-0.15, -0.1) is 0 Å². The molecule has 0 spiro atoms. The first-order valence-corrected chi connectivity index (χ1v) is 6.03. The third kappa shape index (κ3) is 3.41. The SMILES string of the molecule is CCCN(CCC)C1CCCC(=O)C1. The molecule has 0 bridgehead atoms. The van der Waals surface area contributed by atoms with Gasteiger partial charge in [0.2, 0.25) is 0 Å². The molecule has 2 nitrogen and oxygen atoms in total. The molecule has 0 aromatic carbocycles. The Balaban J connectivity index is 2.43. The first-order valence-electron chi connectivity index (χ1n) is 6.03. The van der Waals surface area contributed by atoms with E-state index in [2.05, 4.69) is 18.7 Å². The molecule has 2 heteroatoms. The van der Waals surface area contributed by atoms with Crippen LogP contribution in [0, 0.1) is 0 Å². The van der Waals surface area contributed by atoms with Gasteiger partial charge in [0.15, 0.2) is 0 Å². The Kier molecular flexibility index (Phi) is 5.16. The van der Waals surface area contributed by atoms with Crippen LogP contribution in [-0.4, -0.2) is 29.8 Å². The average Bonchev–Trinajstić information content (AvgIpc) is 2.17. The molecule has 1 rings (SSSR count). The van der Waals surface area contributed by atoms with E-state index in [1.54, 1.807) is 0 Å². The molecule has 0 amide bonds. The van der Waals surface area contributed by atoms with Crippen LogP contribution in [-0.2, 0) is 4.79 Å². The van der Waals surface area contributed by atoms with Crippen molar-refractivity contribution in [2.24, 2.45) is 0 Å². The Bertz CT molecular complexity index is 173. The van der Waals surface area contributed by atoms with Crippen molar-refractivity contribution in [1.29, 1.82) is 0 Å². The number of nitrogens with zero attached hydrogens (tertiary/aromatic N) is 1. The van der Waals surface area contributed by atoms with Gasteiger partial charge in [0, 0.05) is 18.9 Å². The molecule has 1 unspecified atom stereocenters. The Morgan fingerprint density at radius 1 is 1.29 bits per heavy atom. The van der Waals surface area contributed by atoms with Crippen molar-refractivity contribution in [2.75, 3.05) is 13.1 Å². The fourth-order valence-corrected chi connectivity index (χ4v) is 2.36. The summed E-state index contributed by atoms with van der Waals surface area (Å²) in [7, 11) is 0. The molecule has 0 radical (unpaired) electrons. The largest absolute Gasteiger partial charge is 0.300 e. The second-order valence-electron chi connectivity index (χ2n) is 4.32. The summed E-state index contributed by atoms with van der Waals surface area (Å²) in [6.07, 6.45) is 6.36. The number of carbonyl (C=O) groups excluding carboxylic acids is 1. The van der Waals surface area contributed by atoms with E-state index in [1.165, 1.54) is 19.3 Å². The lowest BCUT2D eigenvalue weighted by Crippen LogP contribution is -2.40. The summed E-state index contributed by atoms with van der Waals surface area (Å²) in [6, 6.07) is 0.552. The number of Topliss-reactive ketones (excluding diaryl/α,β-unsaturated/α-hetero) is 1. The molecular formula is C12H23NO. The van der Waals surface area contributed by atoms with Gasteiger partial charge in [0.05, 0.1) is 0 Å². The van der Waals surface area contributed by atoms with Crippen molar-refractivity contribution < 1.29 is 4.79 Å². The quantitative estimate of drug-likeness (QED) is 0.675. The third-order valence-corrected chi connectivity index (χ3v) is 2.99. The van der Waals surface area contributed by atoms with Crippen molar-refractivity contribution >= 4 is 5.78 Å². The Labute approximate surface area is 87.7 Å². The maximum Gasteiger partial charge on any atom is 0.134 e. The predicted molar refractivity (Wildman–Crippen MR) is 59.4 cm³/mol. The van der Waals surface area contributed by atoms with Crippen molar-refractivity contribution in [3.05, 3.63) is 0 Å². The van der Waals surface area contributed by atoms with Crippen LogP contribution in [0.2, 0.25) is 0 Å². The van der Waals surface area contributed by atoms with Crippen molar-refractivity contribution in [3.63, 3.8) is 0 Å². The van der Waals surface area contributed by atoms with E-state index in [0.717, 1.165) is 32.4 Å². The van der Waals surface area contributed by atoms with Crippen LogP contribution in [0.25, 0.3) is 0 Å². The maximum atomic E-state index is 11.4. The fraction of sp³-hybridized carbons (Fsp3) is 0.917. The zero-order chi connectivity index (χ0) is 10.4. The second kappa shape index (κ2) is 6.18. The zero-order valence-corrected chi connectivity index (χ0v) is 9.59. The van der Waals surface area contributed by atoms with E-state index >= 15 is 0 Å². The Hall–Kier alpha value is -0.370. The molecular weight excluding hydrogens is 174 g/mol. The maximum absolute atomic E-state index is 11.4. The van der Waals surface area contributed by atoms with Gasteiger partial charge >= 0.3 is 0 Å². The molecule has 1 atom stereocenters. The fourth-order valence-electron chi connectivity index (χ4n) is 2.36. The third-order valence-electron chi connectivity index (χ3n) is 2.99. The normalized spacial score (nSPS) is 23.1. The molecule has 0 heterocycles. The van der Waals surface area contributed by atoms with Gasteiger partial charge in [-0.25, -0.2) is 0 Å². The topological polar surface area (TPSA) is 20.3 Å². The van der Waals surface area contributed by atoms with E-state index in [0.29, 0.717) is 11.8 Å². The molecule has 14 heavy (non-hydrogen) atoms. The van der Waals surface area contributed by atoms with Gasteiger partial charge in [-0.2, -0.15) is 0 Å². The first-order chi connectivity index (χ1) is 6.77. The summed E-state index contributed by atoms with van der Waals surface area (Å²) in [5.74, 6) is 0.471. The molecule has 1 fully saturated rings. The molecule has 1 aliphatic rings. The van der Waals surface area contributed by atoms with Gasteiger partial charge in [0.1, 0.15) is 5.78 Å². The van der Waals surface area contributed by atoms with E-state index in [1.807, 2.05) is 0 Å². The molecule has 0 N–H and O–H groups in total. The van der Waals surface area contributed by atoms with Crippen molar-refractivity contribution in [3.8, 4) is 0 Å². The van der Waals surface area contributed by atoms with Crippen LogP contribution >= 0.6 is 0 Å². The van der Waals surface area contributed by atoms with Crippen LogP contribution < -0.4 is 0 Å². The Morgan fingerprint density at radius 2 is 1.93 bits per heavy atom. The average molecular weight is 197 g/mol. The highest BCUT2D eigenvalue weighted by Gasteiger charge is 2.23. The molecule has 82 valence electrons. The predicted octanol–water partition coefficient (Wildman–Crippen LogP) is 2.62. The Morgan fingerprint density at radius 3 is 2.43 bits per heavy atom. The second-order valence-corrected chi connectivity index (χ2v) is 4.32. The van der Waals surface area contributed by atoms with Gasteiger partial charge in [-0.05, 0) is 38.8 Å². The number of rotatable bonds is 5. The van der Waals surface area contributed by atoms with Crippen molar-refractivity contribution in [1.82, 2.24) is 4.90 Å². The highest BCUT2D eigenvalue weighted by molar-refractivity contribution is 5.79. The molecule has 1 saturated carbocycles. The summed E-state index contributed by atoms with van der Waals surface area (Å²) in [5, 5.41) is 0. The number of hydrogen-bond acceptors (Lipinski definition) is 2. The van der Waals surface area contributed by atoms with Crippen LogP contribution in [0.5, 0.6) is 0 Å². The highest BCUT2D eigenvalue weighted by atomic mass is 16.1. The lowest BCUT2D eigenvalue weighted by atomic mass is 9.93. The lowest BCUT2D eigenvalue weighted by molar-refractivity contribution is -0.122. The molecule has 1 aliphatic carbocycles. The minimum Gasteiger partial charge on any atom is -0.300 e. The summed E-state index contributed by atoms with van der Waals surface area (Å²) >= 11 is 0. The summed E-state index contributed by atoms with van der Waals surface area (Å²) in [5.41, 5.74) is 0. The molecule has 0 saturated heterocycles. The van der Waals surface area contributed by atoms with E-state index in [-0.39, 0.29) is 0 Å². The smallest absolute Gasteiger partial charge is 0.134 e. The van der Waals surface area contributed by atoms with Crippen LogP contribution in [0.15, 0.2) is 0 Å². The van der Waals surface area contributed by atoms with Gasteiger partial charge in [-0.1, -0.05) is 13.8 Å². The summed E-state index contributed by atoms with van der Waals surface area (Å²) in [6.45, 7) is 6.75. The van der Waals surface area contributed by atoms with Crippen LogP contribution in [0.1, 0.15) is 52.4 Å². The molecule has 0 aromatic rings. The van der Waals surface area contributed by atoms with Crippen molar-refractivity contribution in [2.45, 2.75) is 58.4 Å². The van der Waals surface area contributed by atoms with E-state index < -0.39 is 0 Å². The number of ketones is 1. The monoisotopic (exact) mass is 197 g/mol. The molecule has 0 aromatic heterocycles. The van der Waals surface area contributed by atoms with Crippen LogP contribution in [0.4, 0.5) is 0 Å². The number of carbonyl (C=O) groups is 1. The standard InChI is InChI=1S/C12H23NO/c1-3-8-13(9-4-2)11-6-5-7-12(14)10-11/h11H,3-10H2,1-2H3. The highest BCUT2D eigenvalue weighted by Crippen LogP contribution is 2.20. The number of hydrogen-bond donors (Lipinski definition) is 0. The zero-order valence-electron chi connectivity index (χ0n) is 9.59. The van der Waals surface area contributed by atoms with E-state index in [4.69, 9.17) is 0 Å².